The van der Waals surface area contributed by atoms with Crippen molar-refractivity contribution in [2.75, 3.05) is 0 Å². The van der Waals surface area contributed by atoms with Gasteiger partial charge in [0, 0.05) is 6.42 Å². The Bertz CT molecular complexity index is 736. The van der Waals surface area contributed by atoms with Gasteiger partial charge in [0.25, 0.3) is 10.1 Å². The Morgan fingerprint density at radius 1 is 1.09 bits per heavy atom. The Morgan fingerprint density at radius 3 is 2.23 bits per heavy atom. The van der Waals surface area contributed by atoms with Crippen molar-refractivity contribution in [1.82, 2.24) is 0 Å². The molecule has 5 nitrogen and oxygen atoms in total. The molecule has 2 aromatic rings. The standard InChI is InChI=1S/C16H16O5S/c1-12-7-9-14(10-8-12)22(19,20)21-15(16(17)18)11-13-5-3-2-4-6-13/h2-10,15H,11H2,1H3,(H,17,18)/t15-/m1/s1. The minimum absolute atomic E-state index is 0.0265. The van der Waals surface area contributed by atoms with Gasteiger partial charge in [-0.25, -0.2) is 4.79 Å². The fraction of sp³-hybridized carbons (Fsp3) is 0.188. The van der Waals surface area contributed by atoms with E-state index in [4.69, 9.17) is 4.18 Å². The molecule has 0 unspecified atom stereocenters. The van der Waals surface area contributed by atoms with Crippen LogP contribution in [0.25, 0.3) is 0 Å². The summed E-state index contributed by atoms with van der Waals surface area (Å²) >= 11 is 0. The molecule has 116 valence electrons. The SMILES string of the molecule is Cc1ccc(S(=O)(=O)O[C@H](Cc2ccccc2)C(=O)O)cc1. The zero-order valence-electron chi connectivity index (χ0n) is 12.0. The molecular formula is C16H16O5S. The summed E-state index contributed by atoms with van der Waals surface area (Å²) in [5.74, 6) is -1.32. The van der Waals surface area contributed by atoms with Gasteiger partial charge in [-0.2, -0.15) is 8.42 Å². The van der Waals surface area contributed by atoms with E-state index in [9.17, 15) is 18.3 Å². The van der Waals surface area contributed by atoms with E-state index in [1.807, 2.05) is 6.92 Å². The van der Waals surface area contributed by atoms with Crippen LogP contribution < -0.4 is 0 Å². The summed E-state index contributed by atoms with van der Waals surface area (Å²) in [5.41, 5.74) is 1.59. The van der Waals surface area contributed by atoms with Gasteiger partial charge in [0.1, 0.15) is 0 Å². The molecule has 0 aromatic heterocycles. The van der Waals surface area contributed by atoms with Gasteiger partial charge < -0.3 is 5.11 Å². The van der Waals surface area contributed by atoms with Crippen LogP contribution in [0.15, 0.2) is 59.5 Å². The molecule has 0 amide bonds. The number of aliphatic carboxylic acids is 1. The first-order valence-electron chi connectivity index (χ1n) is 6.65. The lowest BCUT2D eigenvalue weighted by Crippen LogP contribution is -2.29. The fourth-order valence-corrected chi connectivity index (χ4v) is 2.94. The Labute approximate surface area is 129 Å². The topological polar surface area (TPSA) is 80.7 Å². The molecule has 2 rings (SSSR count). The van der Waals surface area contributed by atoms with Crippen LogP contribution in [0.4, 0.5) is 0 Å². The van der Waals surface area contributed by atoms with E-state index in [-0.39, 0.29) is 11.3 Å². The lowest BCUT2D eigenvalue weighted by molar-refractivity contribution is -0.144. The van der Waals surface area contributed by atoms with Crippen LogP contribution >= 0.6 is 0 Å². The second-order valence-electron chi connectivity index (χ2n) is 4.88. The van der Waals surface area contributed by atoms with E-state index < -0.39 is 22.2 Å². The van der Waals surface area contributed by atoms with Crippen LogP contribution in [0.2, 0.25) is 0 Å². The van der Waals surface area contributed by atoms with E-state index in [2.05, 4.69) is 0 Å². The van der Waals surface area contributed by atoms with Crippen LogP contribution in [-0.4, -0.2) is 25.6 Å². The Kier molecular flexibility index (Phi) is 4.95. The largest absolute Gasteiger partial charge is 0.479 e. The Hall–Kier alpha value is -2.18. The molecule has 0 bridgehead atoms. The molecule has 0 heterocycles. The van der Waals surface area contributed by atoms with E-state index in [0.29, 0.717) is 5.56 Å². The zero-order chi connectivity index (χ0) is 16.2. The van der Waals surface area contributed by atoms with Gasteiger partial charge in [-0.15, -0.1) is 0 Å². The monoisotopic (exact) mass is 320 g/mol. The van der Waals surface area contributed by atoms with E-state index in [1.54, 1.807) is 42.5 Å². The summed E-state index contributed by atoms with van der Waals surface area (Å²) in [6.07, 6.45) is -1.49. The van der Waals surface area contributed by atoms with Gasteiger partial charge in [-0.05, 0) is 24.6 Å². The molecule has 0 aliphatic heterocycles. The molecule has 1 atom stereocenters. The second kappa shape index (κ2) is 6.72. The first kappa shape index (κ1) is 16.2. The van der Waals surface area contributed by atoms with E-state index >= 15 is 0 Å². The van der Waals surface area contributed by atoms with Crippen molar-refractivity contribution in [3.63, 3.8) is 0 Å². The number of hydrogen-bond donors (Lipinski definition) is 1. The lowest BCUT2D eigenvalue weighted by Gasteiger charge is -2.14. The first-order chi connectivity index (χ1) is 10.4. The van der Waals surface area contributed by atoms with Crippen molar-refractivity contribution in [3.8, 4) is 0 Å². The normalized spacial score (nSPS) is 12.8. The summed E-state index contributed by atoms with van der Waals surface area (Å²) in [6, 6.07) is 14.8. The van der Waals surface area contributed by atoms with Gasteiger partial charge in [-0.1, -0.05) is 48.0 Å². The minimum Gasteiger partial charge on any atom is -0.479 e. The summed E-state index contributed by atoms with van der Waals surface area (Å²) in [4.78, 5) is 11.2. The maximum Gasteiger partial charge on any atom is 0.334 e. The molecule has 0 aliphatic rings. The van der Waals surface area contributed by atoms with Gasteiger partial charge in [0.05, 0.1) is 4.90 Å². The first-order valence-corrected chi connectivity index (χ1v) is 8.06. The number of carboxylic acid groups (broad SMARTS) is 1. The number of rotatable bonds is 6. The summed E-state index contributed by atoms with van der Waals surface area (Å²) in [5, 5.41) is 9.20. The second-order valence-corrected chi connectivity index (χ2v) is 6.45. The van der Waals surface area contributed by atoms with Gasteiger partial charge in [0.15, 0.2) is 6.10 Å². The van der Waals surface area contributed by atoms with Crippen molar-refractivity contribution in [2.45, 2.75) is 24.3 Å². The Morgan fingerprint density at radius 2 is 1.68 bits per heavy atom. The van der Waals surface area contributed by atoms with Crippen molar-refractivity contribution in [3.05, 3.63) is 65.7 Å². The molecule has 1 N–H and O–H groups in total. The van der Waals surface area contributed by atoms with Gasteiger partial charge in [-0.3, -0.25) is 4.18 Å². The van der Waals surface area contributed by atoms with Crippen LogP contribution in [0.1, 0.15) is 11.1 Å². The highest BCUT2D eigenvalue weighted by atomic mass is 32.2. The van der Waals surface area contributed by atoms with Crippen molar-refractivity contribution in [2.24, 2.45) is 0 Å². The van der Waals surface area contributed by atoms with Crippen molar-refractivity contribution >= 4 is 16.1 Å². The van der Waals surface area contributed by atoms with Crippen LogP contribution in [0.5, 0.6) is 0 Å². The maximum absolute atomic E-state index is 12.2. The molecular weight excluding hydrogens is 304 g/mol. The fourth-order valence-electron chi connectivity index (χ4n) is 1.90. The number of carbonyl (C=O) groups is 1. The third-order valence-electron chi connectivity index (χ3n) is 3.09. The third kappa shape index (κ3) is 4.16. The number of benzene rings is 2. The molecule has 6 heteroatoms. The summed E-state index contributed by atoms with van der Waals surface area (Å²) in [7, 11) is -4.12. The molecule has 0 saturated carbocycles. The average Bonchev–Trinajstić information content (AvgIpc) is 2.48. The molecule has 0 saturated heterocycles. The highest BCUT2D eigenvalue weighted by Crippen LogP contribution is 2.17. The van der Waals surface area contributed by atoms with Crippen LogP contribution in [-0.2, 0) is 25.5 Å². The molecule has 0 radical (unpaired) electrons. The zero-order valence-corrected chi connectivity index (χ0v) is 12.8. The molecule has 2 aromatic carbocycles. The highest BCUT2D eigenvalue weighted by Gasteiger charge is 2.27. The van der Waals surface area contributed by atoms with Crippen molar-refractivity contribution in [1.29, 1.82) is 0 Å². The maximum atomic E-state index is 12.2. The van der Waals surface area contributed by atoms with E-state index in [1.165, 1.54) is 12.1 Å². The van der Waals surface area contributed by atoms with Crippen molar-refractivity contribution < 1.29 is 22.5 Å². The highest BCUT2D eigenvalue weighted by molar-refractivity contribution is 7.86. The average molecular weight is 320 g/mol. The smallest absolute Gasteiger partial charge is 0.334 e. The lowest BCUT2D eigenvalue weighted by atomic mass is 10.1. The molecule has 0 fully saturated rings. The summed E-state index contributed by atoms with van der Waals surface area (Å²) in [6.45, 7) is 1.83. The van der Waals surface area contributed by atoms with Gasteiger partial charge >= 0.3 is 5.97 Å². The Balaban J connectivity index is 2.20. The number of aryl methyl sites for hydroxylation is 1. The van der Waals surface area contributed by atoms with Crippen LogP contribution in [0, 0.1) is 6.92 Å². The third-order valence-corrected chi connectivity index (χ3v) is 4.43. The molecule has 22 heavy (non-hydrogen) atoms. The molecule has 0 spiro atoms. The predicted molar refractivity (Wildman–Crippen MR) is 81.0 cm³/mol. The van der Waals surface area contributed by atoms with Crippen LogP contribution in [0.3, 0.4) is 0 Å². The molecule has 0 aliphatic carbocycles. The number of hydrogen-bond acceptors (Lipinski definition) is 4. The minimum atomic E-state index is -4.12. The quantitative estimate of drug-likeness (QED) is 0.827. The number of carboxylic acids is 1. The predicted octanol–water partition coefficient (Wildman–Crippen LogP) is 2.40. The van der Waals surface area contributed by atoms with Gasteiger partial charge in [0.2, 0.25) is 0 Å². The van der Waals surface area contributed by atoms with E-state index in [0.717, 1.165) is 5.56 Å². The summed E-state index contributed by atoms with van der Waals surface area (Å²) < 4.78 is 29.2.